The minimum Gasteiger partial charge on any atom is -0.376 e. The van der Waals surface area contributed by atoms with Gasteiger partial charge in [-0.3, -0.25) is 4.68 Å². The predicted octanol–water partition coefficient (Wildman–Crippen LogP) is 2.09. The van der Waals surface area contributed by atoms with Crippen LogP contribution in [0.5, 0.6) is 0 Å². The van der Waals surface area contributed by atoms with Crippen molar-refractivity contribution in [3.05, 3.63) is 47.3 Å². The van der Waals surface area contributed by atoms with Crippen LogP contribution >= 0.6 is 0 Å². The second-order valence-corrected chi connectivity index (χ2v) is 5.34. The summed E-state index contributed by atoms with van der Waals surface area (Å²) in [6, 6.07) is 7.51. The van der Waals surface area contributed by atoms with E-state index in [4.69, 9.17) is 4.74 Å². The average molecular weight is 300 g/mol. The summed E-state index contributed by atoms with van der Waals surface area (Å²) in [6.45, 7) is 4.54. The fourth-order valence-electron chi connectivity index (χ4n) is 2.56. The van der Waals surface area contributed by atoms with Crippen molar-refractivity contribution in [3.63, 3.8) is 0 Å². The third-order valence-corrected chi connectivity index (χ3v) is 3.78. The molecule has 116 valence electrons. The number of fused-ring (bicyclic) bond motifs is 1. The van der Waals surface area contributed by atoms with Gasteiger partial charge in [0.05, 0.1) is 26.0 Å². The SMILES string of the molecule is Cc1ccccc1NC(=O)NCCn1ncc2c1CCOC2. The van der Waals surface area contributed by atoms with Gasteiger partial charge in [0.2, 0.25) is 0 Å². The van der Waals surface area contributed by atoms with Crippen molar-refractivity contribution >= 4 is 11.7 Å². The molecule has 0 aliphatic carbocycles. The van der Waals surface area contributed by atoms with Crippen LogP contribution < -0.4 is 10.6 Å². The van der Waals surface area contributed by atoms with Crippen LogP contribution in [0, 0.1) is 6.92 Å². The number of nitrogens with one attached hydrogen (secondary N) is 2. The molecule has 0 radical (unpaired) electrons. The lowest BCUT2D eigenvalue weighted by Crippen LogP contribution is -2.32. The van der Waals surface area contributed by atoms with Crippen molar-refractivity contribution in [2.24, 2.45) is 0 Å². The van der Waals surface area contributed by atoms with Gasteiger partial charge in [0.25, 0.3) is 0 Å². The summed E-state index contributed by atoms with van der Waals surface area (Å²) in [7, 11) is 0. The highest BCUT2D eigenvalue weighted by molar-refractivity contribution is 5.89. The maximum Gasteiger partial charge on any atom is 0.319 e. The topological polar surface area (TPSA) is 68.2 Å². The number of benzene rings is 1. The van der Waals surface area contributed by atoms with Crippen LogP contribution in [0.2, 0.25) is 0 Å². The fraction of sp³-hybridized carbons (Fsp3) is 0.375. The lowest BCUT2D eigenvalue weighted by Gasteiger charge is -2.15. The molecule has 2 N–H and O–H groups in total. The summed E-state index contributed by atoms with van der Waals surface area (Å²) in [5.74, 6) is 0. The Labute approximate surface area is 129 Å². The number of anilines is 1. The molecule has 0 fully saturated rings. The predicted molar refractivity (Wildman–Crippen MR) is 83.8 cm³/mol. The molecule has 2 heterocycles. The number of urea groups is 1. The van der Waals surface area contributed by atoms with Crippen molar-refractivity contribution in [2.45, 2.75) is 26.5 Å². The number of amides is 2. The second-order valence-electron chi connectivity index (χ2n) is 5.34. The van der Waals surface area contributed by atoms with Crippen molar-refractivity contribution < 1.29 is 9.53 Å². The number of para-hydroxylation sites is 1. The Morgan fingerprint density at radius 3 is 3.14 bits per heavy atom. The standard InChI is InChI=1S/C16H20N4O2/c1-12-4-2-3-5-14(12)19-16(21)17-7-8-20-15-6-9-22-11-13(15)10-18-20/h2-5,10H,6-9,11H2,1H3,(H2,17,19,21). The number of hydrogen-bond acceptors (Lipinski definition) is 3. The Morgan fingerprint density at radius 2 is 2.27 bits per heavy atom. The summed E-state index contributed by atoms with van der Waals surface area (Å²) in [5.41, 5.74) is 4.23. The van der Waals surface area contributed by atoms with Gasteiger partial charge < -0.3 is 15.4 Å². The molecular formula is C16H20N4O2. The van der Waals surface area contributed by atoms with Crippen LogP contribution in [0.15, 0.2) is 30.5 Å². The highest BCUT2D eigenvalue weighted by Gasteiger charge is 2.15. The summed E-state index contributed by atoms with van der Waals surface area (Å²) in [6.07, 6.45) is 2.73. The normalized spacial score (nSPS) is 13.5. The average Bonchev–Trinajstić information content (AvgIpc) is 2.93. The van der Waals surface area contributed by atoms with Crippen molar-refractivity contribution in [2.75, 3.05) is 18.5 Å². The first kappa shape index (κ1) is 14.6. The van der Waals surface area contributed by atoms with E-state index in [1.54, 1.807) is 0 Å². The monoisotopic (exact) mass is 300 g/mol. The first-order chi connectivity index (χ1) is 10.7. The molecule has 6 nitrogen and oxygen atoms in total. The molecule has 2 aromatic rings. The van der Waals surface area contributed by atoms with Gasteiger partial charge in [-0.05, 0) is 18.6 Å². The number of nitrogens with zero attached hydrogens (tertiary/aromatic N) is 2. The van der Waals surface area contributed by atoms with Crippen LogP contribution in [-0.2, 0) is 24.3 Å². The third kappa shape index (κ3) is 3.28. The maximum absolute atomic E-state index is 11.9. The highest BCUT2D eigenvalue weighted by Crippen LogP contribution is 2.15. The lowest BCUT2D eigenvalue weighted by molar-refractivity contribution is 0.109. The van der Waals surface area contributed by atoms with Gasteiger partial charge in [0, 0.05) is 29.9 Å². The Kier molecular flexibility index (Phi) is 4.39. The first-order valence-corrected chi connectivity index (χ1v) is 7.46. The largest absolute Gasteiger partial charge is 0.376 e. The van der Waals surface area contributed by atoms with E-state index < -0.39 is 0 Å². The number of hydrogen-bond donors (Lipinski definition) is 2. The number of aromatic nitrogens is 2. The molecule has 0 unspecified atom stereocenters. The van der Waals surface area contributed by atoms with E-state index in [0.717, 1.165) is 29.8 Å². The number of carbonyl (C=O) groups excluding carboxylic acids is 1. The van der Waals surface area contributed by atoms with Crippen molar-refractivity contribution in [1.29, 1.82) is 0 Å². The Hall–Kier alpha value is -2.34. The molecule has 1 aromatic heterocycles. The van der Waals surface area contributed by atoms with Gasteiger partial charge in [0.1, 0.15) is 0 Å². The number of ether oxygens (including phenoxy) is 1. The summed E-state index contributed by atoms with van der Waals surface area (Å²) >= 11 is 0. The van der Waals surface area contributed by atoms with Crippen molar-refractivity contribution in [1.82, 2.24) is 15.1 Å². The quantitative estimate of drug-likeness (QED) is 0.908. The molecule has 2 amide bonds. The molecule has 0 spiro atoms. The number of aryl methyl sites for hydroxylation is 1. The summed E-state index contributed by atoms with van der Waals surface area (Å²) in [5, 5.41) is 10.1. The Morgan fingerprint density at radius 1 is 1.41 bits per heavy atom. The Bertz CT molecular complexity index is 666. The van der Waals surface area contributed by atoms with Crippen LogP contribution in [-0.4, -0.2) is 29.0 Å². The molecule has 1 aliphatic rings. The van der Waals surface area contributed by atoms with E-state index in [0.29, 0.717) is 19.7 Å². The lowest BCUT2D eigenvalue weighted by atomic mass is 10.2. The van der Waals surface area contributed by atoms with Gasteiger partial charge in [-0.15, -0.1) is 0 Å². The van der Waals surface area contributed by atoms with Crippen molar-refractivity contribution in [3.8, 4) is 0 Å². The maximum atomic E-state index is 11.9. The fourth-order valence-corrected chi connectivity index (χ4v) is 2.56. The summed E-state index contributed by atoms with van der Waals surface area (Å²) in [4.78, 5) is 11.9. The zero-order valence-electron chi connectivity index (χ0n) is 12.6. The van der Waals surface area contributed by atoms with Crippen LogP contribution in [0.3, 0.4) is 0 Å². The third-order valence-electron chi connectivity index (χ3n) is 3.78. The Balaban J connectivity index is 1.50. The van der Waals surface area contributed by atoms with Gasteiger partial charge in [-0.2, -0.15) is 5.10 Å². The minimum absolute atomic E-state index is 0.196. The smallest absolute Gasteiger partial charge is 0.319 e. The van der Waals surface area contributed by atoms with E-state index in [-0.39, 0.29) is 6.03 Å². The van der Waals surface area contributed by atoms with Gasteiger partial charge in [0.15, 0.2) is 0 Å². The van der Waals surface area contributed by atoms with Gasteiger partial charge in [-0.25, -0.2) is 4.79 Å². The molecule has 6 heteroatoms. The van der Waals surface area contributed by atoms with Gasteiger partial charge >= 0.3 is 6.03 Å². The zero-order valence-corrected chi connectivity index (χ0v) is 12.6. The molecule has 22 heavy (non-hydrogen) atoms. The second kappa shape index (κ2) is 6.62. The summed E-state index contributed by atoms with van der Waals surface area (Å²) < 4.78 is 7.35. The molecule has 1 aliphatic heterocycles. The van der Waals surface area contributed by atoms with E-state index in [1.165, 1.54) is 5.69 Å². The molecule has 0 bridgehead atoms. The van der Waals surface area contributed by atoms with E-state index in [2.05, 4.69) is 15.7 Å². The highest BCUT2D eigenvalue weighted by atomic mass is 16.5. The van der Waals surface area contributed by atoms with Gasteiger partial charge in [-0.1, -0.05) is 18.2 Å². The molecule has 0 atom stereocenters. The molecule has 0 saturated heterocycles. The minimum atomic E-state index is -0.196. The van der Waals surface area contributed by atoms with E-state index >= 15 is 0 Å². The van der Waals surface area contributed by atoms with Crippen LogP contribution in [0.4, 0.5) is 10.5 Å². The molecule has 0 saturated carbocycles. The number of carbonyl (C=O) groups is 1. The molecular weight excluding hydrogens is 280 g/mol. The van der Waals surface area contributed by atoms with E-state index in [1.807, 2.05) is 42.1 Å². The molecule has 1 aromatic carbocycles. The number of rotatable bonds is 4. The molecule has 3 rings (SSSR count). The van der Waals surface area contributed by atoms with Crippen LogP contribution in [0.1, 0.15) is 16.8 Å². The van der Waals surface area contributed by atoms with E-state index in [9.17, 15) is 4.79 Å². The van der Waals surface area contributed by atoms with Crippen LogP contribution in [0.25, 0.3) is 0 Å². The zero-order chi connectivity index (χ0) is 15.4. The first-order valence-electron chi connectivity index (χ1n) is 7.46.